The molecule has 0 aromatic carbocycles. The van der Waals surface area contributed by atoms with Crippen LogP contribution in [0.25, 0.3) is 22.1 Å². The highest BCUT2D eigenvalue weighted by atomic mass is 32.2. The van der Waals surface area contributed by atoms with Gasteiger partial charge in [0.15, 0.2) is 5.82 Å². The van der Waals surface area contributed by atoms with Crippen LogP contribution in [-0.4, -0.2) is 54.2 Å². The number of rotatable bonds is 7. The van der Waals surface area contributed by atoms with E-state index in [1.54, 1.807) is 48.7 Å². The van der Waals surface area contributed by atoms with Crippen LogP contribution in [0.1, 0.15) is 33.9 Å². The molecular formula is C24H22N10O2S2. The summed E-state index contributed by atoms with van der Waals surface area (Å²) < 4.78 is 0. The van der Waals surface area contributed by atoms with Gasteiger partial charge in [0, 0.05) is 48.2 Å². The molecule has 0 bridgehead atoms. The molecule has 4 aromatic heterocycles. The van der Waals surface area contributed by atoms with Crippen LogP contribution >= 0.6 is 23.1 Å². The number of pyridine rings is 2. The second-order valence-electron chi connectivity index (χ2n) is 7.86. The Hall–Kier alpha value is -4.27. The predicted octanol–water partition coefficient (Wildman–Crippen LogP) is 3.04. The second-order valence-corrected chi connectivity index (χ2v) is 9.87. The lowest BCUT2D eigenvalue weighted by Gasteiger charge is -2.10. The van der Waals surface area contributed by atoms with Gasteiger partial charge in [-0.15, -0.1) is 23.1 Å². The summed E-state index contributed by atoms with van der Waals surface area (Å²) in [5.74, 6) is 6.28. The zero-order valence-corrected chi connectivity index (χ0v) is 21.7. The molecule has 0 saturated carbocycles. The standard InChI is InChI=1S/C24H22N10O2S2/c1-2-26-24(36)32-17-10-13(22-31-16(12-37-22)15-6-3-4-7-27-15)14(11-30-17)23-33-18(19(38-23)21(35)34-25)20-28-8-5-9-29-20/h3-11,16H,2,12,25H2,1H3,(H,34,35)(H2,26,30,32,36). The quantitative estimate of drug-likeness (QED) is 0.154. The van der Waals surface area contributed by atoms with Gasteiger partial charge in [0.2, 0.25) is 0 Å². The van der Waals surface area contributed by atoms with Crippen LogP contribution in [0.5, 0.6) is 0 Å². The van der Waals surface area contributed by atoms with Gasteiger partial charge in [-0.25, -0.2) is 30.6 Å². The third-order valence-corrected chi connectivity index (χ3v) is 7.53. The summed E-state index contributed by atoms with van der Waals surface area (Å²) in [6.45, 7) is 2.30. The van der Waals surface area contributed by atoms with Gasteiger partial charge in [-0.2, -0.15) is 0 Å². The van der Waals surface area contributed by atoms with Crippen molar-refractivity contribution in [1.82, 2.24) is 35.7 Å². The number of nitrogens with zero attached hydrogens (tertiary/aromatic N) is 6. The number of nitrogens with two attached hydrogens (primary N) is 1. The van der Waals surface area contributed by atoms with Crippen LogP contribution < -0.4 is 21.9 Å². The van der Waals surface area contributed by atoms with Crippen LogP contribution in [0.4, 0.5) is 10.6 Å². The Bertz CT molecular complexity index is 1490. The van der Waals surface area contributed by atoms with E-state index < -0.39 is 5.91 Å². The number of nitrogens with one attached hydrogen (secondary N) is 3. The molecule has 5 N–H and O–H groups in total. The molecule has 3 amide bonds. The fourth-order valence-electron chi connectivity index (χ4n) is 3.67. The molecule has 14 heteroatoms. The highest BCUT2D eigenvalue weighted by Gasteiger charge is 2.27. The largest absolute Gasteiger partial charge is 0.338 e. The van der Waals surface area contributed by atoms with Crippen molar-refractivity contribution in [1.29, 1.82) is 0 Å². The first-order valence-electron chi connectivity index (χ1n) is 11.5. The SMILES string of the molecule is CCNC(=O)Nc1cc(C2=NC(c3ccccn3)CS2)c(-c2nc(-c3ncccn3)c(C(=O)NN)s2)cn1. The minimum atomic E-state index is -0.511. The summed E-state index contributed by atoms with van der Waals surface area (Å²) in [4.78, 5) is 52.0. The molecule has 1 atom stereocenters. The zero-order valence-electron chi connectivity index (χ0n) is 20.1. The Morgan fingerprint density at radius 3 is 2.63 bits per heavy atom. The maximum Gasteiger partial charge on any atom is 0.320 e. The van der Waals surface area contributed by atoms with Gasteiger partial charge in [0.05, 0.1) is 10.7 Å². The normalized spacial score (nSPS) is 14.6. The number of thioether (sulfide) groups is 1. The first kappa shape index (κ1) is 25.4. The minimum absolute atomic E-state index is 0.125. The average molecular weight is 547 g/mol. The van der Waals surface area contributed by atoms with Gasteiger partial charge in [-0.1, -0.05) is 6.07 Å². The van der Waals surface area contributed by atoms with Crippen molar-refractivity contribution in [2.75, 3.05) is 17.6 Å². The van der Waals surface area contributed by atoms with E-state index in [2.05, 4.69) is 36.0 Å². The molecule has 0 spiro atoms. The molecule has 12 nitrogen and oxygen atoms in total. The predicted molar refractivity (Wildman–Crippen MR) is 147 cm³/mol. The molecule has 4 aromatic rings. The third kappa shape index (κ3) is 5.37. The molecule has 0 radical (unpaired) electrons. The molecule has 38 heavy (non-hydrogen) atoms. The zero-order chi connectivity index (χ0) is 26.5. The topological polar surface area (TPSA) is 173 Å². The molecule has 5 heterocycles. The van der Waals surface area contributed by atoms with E-state index in [-0.39, 0.29) is 17.0 Å². The Morgan fingerprint density at radius 2 is 1.89 bits per heavy atom. The van der Waals surface area contributed by atoms with Crippen molar-refractivity contribution in [2.45, 2.75) is 13.0 Å². The van der Waals surface area contributed by atoms with Crippen molar-refractivity contribution in [3.05, 3.63) is 71.3 Å². The first-order chi connectivity index (χ1) is 18.6. The van der Waals surface area contributed by atoms with E-state index >= 15 is 0 Å². The van der Waals surface area contributed by atoms with E-state index in [9.17, 15) is 9.59 Å². The number of aliphatic imine (C=N–C) groups is 1. The van der Waals surface area contributed by atoms with Gasteiger partial charge in [-0.3, -0.25) is 25.5 Å². The van der Waals surface area contributed by atoms with Gasteiger partial charge < -0.3 is 5.32 Å². The minimum Gasteiger partial charge on any atom is -0.338 e. The number of hydrogen-bond acceptors (Lipinski definition) is 11. The summed E-state index contributed by atoms with van der Waals surface area (Å²) in [6, 6.07) is 8.67. The molecule has 192 valence electrons. The Labute approximate surface area is 225 Å². The molecule has 0 saturated heterocycles. The monoisotopic (exact) mass is 546 g/mol. The molecule has 1 aliphatic heterocycles. The Morgan fingerprint density at radius 1 is 1.08 bits per heavy atom. The van der Waals surface area contributed by atoms with Crippen LogP contribution in [0, 0.1) is 0 Å². The summed E-state index contributed by atoms with van der Waals surface area (Å²) >= 11 is 2.71. The molecular weight excluding hydrogens is 524 g/mol. The highest BCUT2D eigenvalue weighted by molar-refractivity contribution is 8.14. The summed E-state index contributed by atoms with van der Waals surface area (Å²) in [5.41, 5.74) is 4.68. The average Bonchev–Trinajstić information content (AvgIpc) is 3.62. The smallest absolute Gasteiger partial charge is 0.320 e. The van der Waals surface area contributed by atoms with E-state index in [1.165, 1.54) is 0 Å². The van der Waals surface area contributed by atoms with E-state index in [4.69, 9.17) is 15.8 Å². The number of amides is 3. The number of hydrazine groups is 1. The van der Waals surface area contributed by atoms with E-state index in [1.807, 2.05) is 25.1 Å². The first-order valence-corrected chi connectivity index (χ1v) is 13.3. The van der Waals surface area contributed by atoms with Gasteiger partial charge in [0.25, 0.3) is 5.91 Å². The van der Waals surface area contributed by atoms with Crippen LogP contribution in [0.15, 0.2) is 60.1 Å². The van der Waals surface area contributed by atoms with Crippen molar-refractivity contribution in [3.63, 3.8) is 0 Å². The van der Waals surface area contributed by atoms with Crippen LogP contribution in [0.3, 0.4) is 0 Å². The third-order valence-electron chi connectivity index (χ3n) is 5.37. The number of anilines is 1. The number of carbonyl (C=O) groups is 2. The van der Waals surface area contributed by atoms with Gasteiger partial charge in [0.1, 0.15) is 27.4 Å². The molecule has 0 fully saturated rings. The number of thiazole rings is 1. The lowest BCUT2D eigenvalue weighted by atomic mass is 10.1. The van der Waals surface area contributed by atoms with Crippen molar-refractivity contribution in [3.8, 4) is 22.1 Å². The number of carbonyl (C=O) groups excluding carboxylic acids is 2. The van der Waals surface area contributed by atoms with Gasteiger partial charge >= 0.3 is 6.03 Å². The molecule has 1 unspecified atom stereocenters. The Kier molecular flexibility index (Phi) is 7.62. The van der Waals surface area contributed by atoms with Gasteiger partial charge in [-0.05, 0) is 31.2 Å². The van der Waals surface area contributed by atoms with Crippen molar-refractivity contribution >= 4 is 45.9 Å². The lowest BCUT2D eigenvalue weighted by Crippen LogP contribution is -2.29. The number of aromatic nitrogens is 5. The van der Waals surface area contributed by atoms with Crippen LogP contribution in [-0.2, 0) is 0 Å². The van der Waals surface area contributed by atoms with Crippen molar-refractivity contribution in [2.24, 2.45) is 10.8 Å². The number of hydrogen-bond donors (Lipinski definition) is 4. The lowest BCUT2D eigenvalue weighted by molar-refractivity contribution is 0.0958. The fraction of sp³-hybridized carbons (Fsp3) is 0.167. The fourth-order valence-corrected chi connectivity index (χ4v) is 5.74. The van der Waals surface area contributed by atoms with Crippen molar-refractivity contribution < 1.29 is 9.59 Å². The maximum absolute atomic E-state index is 12.6. The maximum atomic E-state index is 12.6. The highest BCUT2D eigenvalue weighted by Crippen LogP contribution is 2.39. The summed E-state index contributed by atoms with van der Waals surface area (Å²) in [6.07, 6.45) is 6.49. The molecule has 5 rings (SSSR count). The Balaban J connectivity index is 1.61. The number of nitrogen functional groups attached to an aromatic ring is 1. The second kappa shape index (κ2) is 11.4. The summed E-state index contributed by atoms with van der Waals surface area (Å²) in [5, 5.41) is 6.68. The number of urea groups is 1. The van der Waals surface area contributed by atoms with E-state index in [0.717, 1.165) is 22.1 Å². The molecule has 0 aliphatic carbocycles. The summed E-state index contributed by atoms with van der Waals surface area (Å²) in [7, 11) is 0. The van der Waals surface area contributed by atoms with Crippen LogP contribution in [0.2, 0.25) is 0 Å². The van der Waals surface area contributed by atoms with E-state index in [0.29, 0.717) is 45.8 Å². The molecule has 1 aliphatic rings.